The van der Waals surface area contributed by atoms with Gasteiger partial charge < -0.3 is 14.0 Å². The highest BCUT2D eigenvalue weighted by atomic mass is 32.9. The Morgan fingerprint density at radius 2 is 2.00 bits per heavy atom. The number of hydrogen-bond donors (Lipinski definition) is 3. The van der Waals surface area contributed by atoms with Crippen LogP contribution in [-0.2, 0) is 14.5 Å². The van der Waals surface area contributed by atoms with Crippen LogP contribution in [0.15, 0.2) is 0 Å². The molecule has 1 unspecified atom stereocenters. The molecule has 0 bridgehead atoms. The van der Waals surface area contributed by atoms with Gasteiger partial charge in [0.05, 0.1) is 6.61 Å². The van der Waals surface area contributed by atoms with Crippen molar-refractivity contribution in [1.82, 2.24) is 0 Å². The van der Waals surface area contributed by atoms with E-state index >= 15 is 0 Å². The first-order valence-electron chi connectivity index (χ1n) is 2.94. The lowest BCUT2D eigenvalue weighted by Crippen LogP contribution is -1.99. The Bertz CT molecular complexity index is 144. The van der Waals surface area contributed by atoms with Crippen molar-refractivity contribution in [2.45, 2.75) is 13.8 Å². The summed E-state index contributed by atoms with van der Waals surface area (Å²) in [5.74, 6) is 0.609. The second-order valence-corrected chi connectivity index (χ2v) is 9.25. The molecule has 0 saturated heterocycles. The number of thiol groups is 1. The Kier molecular flexibility index (Phi) is 5.29. The van der Waals surface area contributed by atoms with Gasteiger partial charge in [-0.05, 0) is 17.3 Å². The molecule has 0 aromatic heterocycles. The van der Waals surface area contributed by atoms with E-state index in [4.69, 9.17) is 14.0 Å². The summed E-state index contributed by atoms with van der Waals surface area (Å²) in [4.78, 5) is 18.1. The molecule has 0 saturated carbocycles. The maximum atomic E-state index is 9.03. The summed E-state index contributed by atoms with van der Waals surface area (Å²) in [6.45, 7) is 4.16. The van der Waals surface area contributed by atoms with Crippen LogP contribution < -0.4 is 0 Å². The fourth-order valence-electron chi connectivity index (χ4n) is 0.463. The number of hydrogen-bond acceptors (Lipinski definition) is 1. The van der Waals surface area contributed by atoms with E-state index in [1.807, 2.05) is 13.8 Å². The molecule has 0 aliphatic carbocycles. The second kappa shape index (κ2) is 4.80. The fraction of sp³-hybridized carbons (Fsp3) is 1.00. The molecule has 0 fully saturated rings. The lowest BCUT2D eigenvalue weighted by molar-refractivity contribution is 0.393. The molecule has 0 aliphatic heterocycles. The molecular weight excluding hydrogens is 191 g/mol. The number of rotatable bonds is 3. The summed E-state index contributed by atoms with van der Waals surface area (Å²) in [6.07, 6.45) is 0. The van der Waals surface area contributed by atoms with Gasteiger partial charge in [0.25, 0.3) is 0 Å². The van der Waals surface area contributed by atoms with Crippen LogP contribution in [0, 0.1) is 0 Å². The van der Waals surface area contributed by atoms with Crippen molar-refractivity contribution in [1.29, 1.82) is 0 Å². The van der Waals surface area contributed by atoms with E-state index in [1.54, 1.807) is 0 Å². The maximum Gasteiger partial charge on any atom is 0.223 e. The third-order valence-electron chi connectivity index (χ3n) is 0.774. The normalized spacial score (nSPS) is 15.3. The third-order valence-corrected chi connectivity index (χ3v) is 6.69. The highest BCUT2D eigenvalue weighted by Crippen LogP contribution is 2.47. The minimum atomic E-state index is -3.04. The van der Waals surface area contributed by atoms with Gasteiger partial charge in [-0.1, -0.05) is 19.2 Å². The van der Waals surface area contributed by atoms with E-state index < -0.39 is 16.0 Å². The van der Waals surface area contributed by atoms with Crippen LogP contribution in [0.5, 0.6) is 0 Å². The first kappa shape index (κ1) is 11.0. The van der Waals surface area contributed by atoms with E-state index in [9.17, 15) is 0 Å². The molecule has 0 aliphatic rings. The van der Waals surface area contributed by atoms with Gasteiger partial charge in [-0.3, -0.25) is 0 Å². The average molecular weight is 204 g/mol. The summed E-state index contributed by atoms with van der Waals surface area (Å²) < 4.78 is 5.06. The van der Waals surface area contributed by atoms with Gasteiger partial charge in [0.15, 0.2) is 0 Å². The predicted octanol–water partition coefficient (Wildman–Crippen LogP) is 1.17. The van der Waals surface area contributed by atoms with Crippen LogP contribution in [0.1, 0.15) is 13.8 Å². The van der Waals surface area contributed by atoms with Crippen molar-refractivity contribution >= 4 is 28.3 Å². The van der Waals surface area contributed by atoms with Crippen molar-refractivity contribution in [2.75, 3.05) is 12.4 Å². The Morgan fingerprint density at radius 3 is 2.10 bits per heavy atom. The Balaban J connectivity index is 4.32. The summed E-state index contributed by atoms with van der Waals surface area (Å²) >= 11 is 3.67. The fourth-order valence-corrected chi connectivity index (χ4v) is 4.63. The van der Waals surface area contributed by atoms with Crippen molar-refractivity contribution in [3.05, 3.63) is 0 Å². The summed E-state index contributed by atoms with van der Waals surface area (Å²) in [6, 6.07) is 0. The minimum Gasteiger partial charge on any atom is -0.340 e. The van der Waals surface area contributed by atoms with Crippen molar-refractivity contribution < 1.29 is 14.0 Å². The van der Waals surface area contributed by atoms with Crippen molar-refractivity contribution in [3.63, 3.8) is 0 Å². The van der Waals surface area contributed by atoms with Crippen LogP contribution in [-0.4, -0.2) is 22.1 Å². The molecule has 3 nitrogen and oxygen atoms in total. The standard InChI is InChI=1S/C4H13O3PS2/c1-3-7-10(4-2)8(5,6)9/h5-6,9H,3-4H2,1-2H3. The van der Waals surface area contributed by atoms with Crippen molar-refractivity contribution in [2.24, 2.45) is 0 Å². The monoisotopic (exact) mass is 204 g/mol. The zero-order valence-corrected chi connectivity index (χ0v) is 8.62. The molecule has 0 rings (SSSR count). The summed E-state index contributed by atoms with van der Waals surface area (Å²) in [5, 5.41) is 0. The zero-order valence-electron chi connectivity index (χ0n) is 6.02. The van der Waals surface area contributed by atoms with Gasteiger partial charge in [-0.25, -0.2) is 0 Å². The maximum absolute atomic E-state index is 9.03. The topological polar surface area (TPSA) is 49.7 Å². The molecule has 2 N–H and O–H groups in total. The van der Waals surface area contributed by atoms with Crippen molar-refractivity contribution in [3.8, 4) is 0 Å². The molecule has 1 atom stereocenters. The molecule has 0 aromatic carbocycles. The molecule has 6 heteroatoms. The van der Waals surface area contributed by atoms with E-state index in [0.29, 0.717) is 12.4 Å². The van der Waals surface area contributed by atoms with Gasteiger partial charge in [0.2, 0.25) is 5.69 Å². The lowest BCUT2D eigenvalue weighted by Gasteiger charge is -2.12. The molecule has 64 valence electrons. The van der Waals surface area contributed by atoms with Crippen LogP contribution in [0.3, 0.4) is 0 Å². The summed E-state index contributed by atoms with van der Waals surface area (Å²) in [5.41, 5.74) is -3.04. The highest BCUT2D eigenvalue weighted by molar-refractivity contribution is 8.64. The molecule has 0 spiro atoms. The molecule has 10 heavy (non-hydrogen) atoms. The van der Waals surface area contributed by atoms with E-state index in [2.05, 4.69) is 12.2 Å². The largest absolute Gasteiger partial charge is 0.340 e. The van der Waals surface area contributed by atoms with Gasteiger partial charge in [0.1, 0.15) is 0 Å². The Morgan fingerprint density at radius 1 is 1.50 bits per heavy atom. The van der Waals surface area contributed by atoms with Crippen LogP contribution in [0.2, 0.25) is 0 Å². The zero-order chi connectivity index (χ0) is 8.20. The van der Waals surface area contributed by atoms with Gasteiger partial charge in [-0.2, -0.15) is 0 Å². The van der Waals surface area contributed by atoms with E-state index in [-0.39, 0.29) is 0 Å². The second-order valence-electron chi connectivity index (χ2n) is 1.53. The average Bonchev–Trinajstić information content (AvgIpc) is 1.80. The van der Waals surface area contributed by atoms with Gasteiger partial charge >= 0.3 is 0 Å². The molecular formula is C4H13O3PS2. The Labute approximate surface area is 68.9 Å². The molecule has 0 amide bonds. The van der Waals surface area contributed by atoms with E-state index in [0.717, 1.165) is 0 Å². The molecule has 0 heterocycles. The first-order valence-corrected chi connectivity index (χ1v) is 7.71. The van der Waals surface area contributed by atoms with Gasteiger partial charge in [-0.15, -0.1) is 0 Å². The third kappa shape index (κ3) is 4.01. The van der Waals surface area contributed by atoms with Crippen LogP contribution in [0.4, 0.5) is 0 Å². The predicted molar refractivity (Wildman–Crippen MR) is 49.9 cm³/mol. The lowest BCUT2D eigenvalue weighted by atomic mass is 10.9. The summed E-state index contributed by atoms with van der Waals surface area (Å²) in [7, 11) is -0.762. The first-order chi connectivity index (χ1) is 4.52. The minimum absolute atomic E-state index is 0.500. The van der Waals surface area contributed by atoms with Crippen LogP contribution in [0.25, 0.3) is 0 Å². The smallest absolute Gasteiger partial charge is 0.223 e. The van der Waals surface area contributed by atoms with Gasteiger partial charge in [0, 0.05) is 5.75 Å². The highest BCUT2D eigenvalue weighted by Gasteiger charge is 2.08. The van der Waals surface area contributed by atoms with E-state index in [1.165, 1.54) is 0 Å². The SMILES string of the molecule is CCOS(CC)=P(O)(O)S. The molecule has 0 radical (unpaired) electrons. The Hall–Kier alpha value is 1.01. The molecule has 0 aromatic rings. The van der Waals surface area contributed by atoms with Crippen LogP contribution >= 0.6 is 17.9 Å². The quantitative estimate of drug-likeness (QED) is 0.478.